The Morgan fingerprint density at radius 1 is 0.941 bits per heavy atom. The van der Waals surface area contributed by atoms with Crippen molar-refractivity contribution in [3.05, 3.63) is 36.5 Å². The van der Waals surface area contributed by atoms with Crippen LogP contribution in [0.5, 0.6) is 0 Å². The van der Waals surface area contributed by atoms with Gasteiger partial charge < -0.3 is 0 Å². The molecule has 0 nitrogen and oxygen atoms in total. The van der Waals surface area contributed by atoms with E-state index in [-0.39, 0.29) is 5.41 Å². The van der Waals surface area contributed by atoms with Crippen molar-refractivity contribution in [3.63, 3.8) is 0 Å². The van der Waals surface area contributed by atoms with E-state index in [9.17, 15) is 0 Å². The van der Waals surface area contributed by atoms with Crippen LogP contribution in [-0.4, -0.2) is 0 Å². The Morgan fingerprint density at radius 3 is 2.00 bits per heavy atom. The van der Waals surface area contributed by atoms with Crippen LogP contribution in [0.25, 0.3) is 0 Å². The predicted octanol–water partition coefficient (Wildman–Crippen LogP) is 6.06. The summed E-state index contributed by atoms with van der Waals surface area (Å²) in [6.07, 6.45) is 6.79. The van der Waals surface area contributed by atoms with Crippen molar-refractivity contribution in [2.75, 3.05) is 0 Å². The topological polar surface area (TPSA) is 0 Å². The van der Waals surface area contributed by atoms with Crippen LogP contribution in [0.2, 0.25) is 0 Å². The molecule has 0 heterocycles. The van der Waals surface area contributed by atoms with Gasteiger partial charge in [-0.2, -0.15) is 0 Å². The van der Waals surface area contributed by atoms with E-state index in [4.69, 9.17) is 0 Å². The summed E-state index contributed by atoms with van der Waals surface area (Å²) in [4.78, 5) is 0. The summed E-state index contributed by atoms with van der Waals surface area (Å²) in [5.41, 5.74) is 4.24. The van der Waals surface area contributed by atoms with Crippen molar-refractivity contribution in [2.45, 2.75) is 66.2 Å². The predicted molar refractivity (Wildman–Crippen MR) is 80.3 cm³/mol. The molecule has 0 bridgehead atoms. The first kappa shape index (κ1) is 16.2. The molecule has 0 rings (SSSR count). The minimum absolute atomic E-state index is 0.252. The van der Waals surface area contributed by atoms with Gasteiger partial charge in [0.05, 0.1) is 0 Å². The molecule has 0 aliphatic rings. The first-order chi connectivity index (χ1) is 7.79. The number of hydrogen-bond donors (Lipinski definition) is 0. The molecular formula is C17H30. The van der Waals surface area contributed by atoms with Crippen LogP contribution in [0.3, 0.4) is 0 Å². The lowest BCUT2D eigenvalue weighted by atomic mass is 9.78. The maximum atomic E-state index is 4.22. The Hall–Kier alpha value is -0.780. The fourth-order valence-electron chi connectivity index (χ4n) is 1.82. The second-order valence-corrected chi connectivity index (χ2v) is 5.94. The molecule has 0 aromatic heterocycles. The van der Waals surface area contributed by atoms with Gasteiger partial charge in [-0.15, -0.1) is 6.58 Å². The van der Waals surface area contributed by atoms with E-state index in [1.165, 1.54) is 29.6 Å². The van der Waals surface area contributed by atoms with Crippen molar-refractivity contribution >= 4 is 0 Å². The van der Waals surface area contributed by atoms with Gasteiger partial charge in [0.15, 0.2) is 0 Å². The summed E-state index contributed by atoms with van der Waals surface area (Å²) in [7, 11) is 0. The van der Waals surface area contributed by atoms with Gasteiger partial charge in [-0.05, 0) is 44.4 Å². The molecule has 0 aromatic carbocycles. The van der Waals surface area contributed by atoms with Crippen molar-refractivity contribution < 1.29 is 0 Å². The van der Waals surface area contributed by atoms with E-state index in [1.54, 1.807) is 0 Å². The molecule has 0 amide bonds. The van der Waals surface area contributed by atoms with Crippen molar-refractivity contribution in [1.29, 1.82) is 0 Å². The fourth-order valence-corrected chi connectivity index (χ4v) is 1.82. The Morgan fingerprint density at radius 2 is 1.53 bits per heavy atom. The molecular weight excluding hydrogens is 204 g/mol. The van der Waals surface area contributed by atoms with E-state index in [1.807, 2.05) is 0 Å². The highest BCUT2D eigenvalue weighted by Crippen LogP contribution is 2.34. The van der Waals surface area contributed by atoms with Crippen LogP contribution in [0.1, 0.15) is 66.2 Å². The third-order valence-corrected chi connectivity index (χ3v) is 3.52. The average Bonchev–Trinajstić information content (AvgIpc) is 2.24. The lowest BCUT2D eigenvalue weighted by Crippen LogP contribution is -2.14. The van der Waals surface area contributed by atoms with Crippen LogP contribution in [0.4, 0.5) is 0 Å². The van der Waals surface area contributed by atoms with E-state index in [0.717, 1.165) is 25.7 Å². The molecule has 0 atom stereocenters. The van der Waals surface area contributed by atoms with Crippen LogP contribution in [-0.2, 0) is 0 Å². The Bertz CT molecular complexity index is 278. The number of hydrogen-bond acceptors (Lipinski definition) is 0. The molecule has 0 aliphatic heterocycles. The highest BCUT2D eigenvalue weighted by atomic mass is 14.3. The van der Waals surface area contributed by atoms with Crippen LogP contribution >= 0.6 is 0 Å². The highest BCUT2D eigenvalue weighted by molar-refractivity contribution is 5.09. The normalized spacial score (nSPS) is 11.3. The zero-order chi connectivity index (χ0) is 13.5. The molecule has 0 heteroatoms. The summed E-state index contributed by atoms with van der Waals surface area (Å²) in [5, 5.41) is 0. The van der Waals surface area contributed by atoms with Gasteiger partial charge in [0.25, 0.3) is 0 Å². The standard InChI is InChI=1S/C17H30/c1-8-9-16(5)17(6,7)13-12-15(4)11-10-14(2)3/h2,4-5,8-13H2,1,3,6-7H3. The monoisotopic (exact) mass is 234 g/mol. The molecule has 0 N–H and O–H groups in total. The van der Waals surface area contributed by atoms with Gasteiger partial charge in [-0.1, -0.05) is 57.1 Å². The first-order valence-electron chi connectivity index (χ1n) is 6.79. The molecule has 0 aromatic rings. The highest BCUT2D eigenvalue weighted by Gasteiger charge is 2.20. The third-order valence-electron chi connectivity index (χ3n) is 3.52. The lowest BCUT2D eigenvalue weighted by molar-refractivity contribution is 0.392. The fraction of sp³-hybridized carbons (Fsp3) is 0.647. The van der Waals surface area contributed by atoms with E-state index in [0.29, 0.717) is 0 Å². The first-order valence-corrected chi connectivity index (χ1v) is 6.79. The van der Waals surface area contributed by atoms with Crippen LogP contribution < -0.4 is 0 Å². The zero-order valence-corrected chi connectivity index (χ0v) is 12.4. The lowest BCUT2D eigenvalue weighted by Gasteiger charge is -2.28. The molecule has 17 heavy (non-hydrogen) atoms. The number of allylic oxidation sites excluding steroid dienone is 3. The van der Waals surface area contributed by atoms with E-state index < -0.39 is 0 Å². The largest absolute Gasteiger partial charge is 0.100 e. The SMILES string of the molecule is C=C(C)CCC(=C)CCC(C)(C)C(=C)CCC. The maximum Gasteiger partial charge on any atom is -0.0144 e. The quantitative estimate of drug-likeness (QED) is 0.425. The molecule has 0 aliphatic carbocycles. The third kappa shape index (κ3) is 7.20. The number of rotatable bonds is 9. The minimum atomic E-state index is 0.252. The van der Waals surface area contributed by atoms with Crippen molar-refractivity contribution in [3.8, 4) is 0 Å². The second-order valence-electron chi connectivity index (χ2n) is 5.94. The molecule has 0 radical (unpaired) electrons. The molecule has 98 valence electrons. The van der Waals surface area contributed by atoms with Gasteiger partial charge in [0.2, 0.25) is 0 Å². The summed E-state index contributed by atoms with van der Waals surface area (Å²) >= 11 is 0. The zero-order valence-electron chi connectivity index (χ0n) is 12.4. The summed E-state index contributed by atoms with van der Waals surface area (Å²) in [6, 6.07) is 0. The van der Waals surface area contributed by atoms with Gasteiger partial charge in [0.1, 0.15) is 0 Å². The molecule has 0 fully saturated rings. The molecule has 0 spiro atoms. The maximum absolute atomic E-state index is 4.22. The van der Waals surface area contributed by atoms with Crippen LogP contribution in [0, 0.1) is 5.41 Å². The van der Waals surface area contributed by atoms with E-state index >= 15 is 0 Å². The Balaban J connectivity index is 4.04. The Labute approximate surface area is 109 Å². The van der Waals surface area contributed by atoms with Gasteiger partial charge in [-0.25, -0.2) is 0 Å². The van der Waals surface area contributed by atoms with E-state index in [2.05, 4.69) is 47.4 Å². The Kier molecular flexibility index (Phi) is 7.18. The smallest absolute Gasteiger partial charge is 0.0144 e. The average molecular weight is 234 g/mol. The van der Waals surface area contributed by atoms with Crippen LogP contribution in [0.15, 0.2) is 36.5 Å². The van der Waals surface area contributed by atoms with Gasteiger partial charge in [0, 0.05) is 0 Å². The van der Waals surface area contributed by atoms with Crippen molar-refractivity contribution in [2.24, 2.45) is 5.41 Å². The molecule has 0 saturated heterocycles. The summed E-state index contributed by atoms with van der Waals surface area (Å²) in [5.74, 6) is 0. The second kappa shape index (κ2) is 7.53. The molecule has 0 unspecified atom stereocenters. The summed E-state index contributed by atoms with van der Waals surface area (Å²) < 4.78 is 0. The van der Waals surface area contributed by atoms with Gasteiger partial charge in [-0.3, -0.25) is 0 Å². The van der Waals surface area contributed by atoms with Crippen molar-refractivity contribution in [1.82, 2.24) is 0 Å². The summed E-state index contributed by atoms with van der Waals surface area (Å²) in [6.45, 7) is 21.2. The minimum Gasteiger partial charge on any atom is -0.100 e. The van der Waals surface area contributed by atoms with Gasteiger partial charge >= 0.3 is 0 Å². The molecule has 0 saturated carbocycles.